The maximum Gasteiger partial charge on any atom is 0.266 e. The van der Waals surface area contributed by atoms with E-state index in [1.807, 2.05) is 19.1 Å². The molecule has 2 N–H and O–H groups in total. The maximum absolute atomic E-state index is 14.6. The molecule has 0 saturated carbocycles. The third-order valence-corrected chi connectivity index (χ3v) is 5.53. The van der Waals surface area contributed by atoms with Crippen molar-refractivity contribution < 1.29 is 13.2 Å². The van der Waals surface area contributed by atoms with Crippen molar-refractivity contribution in [2.45, 2.75) is 26.3 Å². The van der Waals surface area contributed by atoms with Gasteiger partial charge in [-0.3, -0.25) is 4.98 Å². The van der Waals surface area contributed by atoms with Gasteiger partial charge in [-0.1, -0.05) is 18.2 Å². The molecule has 1 aliphatic heterocycles. The number of halogens is 4. The number of hydrogen-bond acceptors (Lipinski definition) is 4. The van der Waals surface area contributed by atoms with Crippen LogP contribution in [0.25, 0.3) is 10.9 Å². The van der Waals surface area contributed by atoms with Gasteiger partial charge in [0, 0.05) is 54.2 Å². The van der Waals surface area contributed by atoms with Gasteiger partial charge in [0.2, 0.25) is 0 Å². The Kier molecular flexibility index (Phi) is 7.28. The lowest BCUT2D eigenvalue weighted by atomic mass is 10.0. The topological polar surface area (TPSA) is 40.2 Å². The fourth-order valence-electron chi connectivity index (χ4n) is 3.97. The van der Waals surface area contributed by atoms with Crippen molar-refractivity contribution in [3.05, 3.63) is 65.1 Å². The van der Waals surface area contributed by atoms with Crippen molar-refractivity contribution in [3.8, 4) is 0 Å². The van der Waals surface area contributed by atoms with E-state index in [2.05, 4.69) is 32.7 Å². The summed E-state index contributed by atoms with van der Waals surface area (Å²) in [6, 6.07) is 11.7. The molecule has 1 aliphatic rings. The average Bonchev–Trinajstić information content (AvgIpc) is 2.74. The van der Waals surface area contributed by atoms with E-state index >= 15 is 0 Å². The molecule has 1 atom stereocenters. The lowest BCUT2D eigenvalue weighted by Crippen LogP contribution is -2.43. The highest BCUT2D eigenvalue weighted by Crippen LogP contribution is 2.33. The zero-order chi connectivity index (χ0) is 21.3. The Labute approximate surface area is 186 Å². The molecule has 2 aromatic carbocycles. The van der Waals surface area contributed by atoms with E-state index in [-0.39, 0.29) is 18.0 Å². The van der Waals surface area contributed by atoms with Crippen LogP contribution in [0.2, 0.25) is 0 Å². The Hall–Kier alpha value is -2.51. The van der Waals surface area contributed by atoms with Crippen molar-refractivity contribution >= 4 is 34.7 Å². The molecule has 3 aromatic rings. The van der Waals surface area contributed by atoms with E-state index in [1.54, 1.807) is 13.0 Å². The van der Waals surface area contributed by atoms with E-state index in [4.69, 9.17) is 0 Å². The molecule has 0 aliphatic carbocycles. The summed E-state index contributed by atoms with van der Waals surface area (Å²) < 4.78 is 40.8. The standard InChI is InChI=1S/C23H25F3N4.ClH/c1-14-12-21(29-15(2)17-4-3-5-18(22(17)24)23(25)26)19-13-16(6-7-20(19)28-14)30-10-8-27-9-11-30;/h3-7,12-13,15,23,27H,8-11H2,1-2H3,(H,28,29);1H/t15-;/m1./s1. The number of nitrogens with zero attached hydrogens (tertiary/aromatic N) is 2. The van der Waals surface area contributed by atoms with Gasteiger partial charge in [-0.15, -0.1) is 12.4 Å². The average molecular weight is 451 g/mol. The van der Waals surface area contributed by atoms with Gasteiger partial charge < -0.3 is 15.5 Å². The van der Waals surface area contributed by atoms with Crippen LogP contribution in [0.5, 0.6) is 0 Å². The number of alkyl halides is 2. The van der Waals surface area contributed by atoms with Gasteiger partial charge >= 0.3 is 0 Å². The van der Waals surface area contributed by atoms with E-state index in [0.717, 1.165) is 60.2 Å². The number of aryl methyl sites for hydroxylation is 1. The van der Waals surface area contributed by atoms with Crippen molar-refractivity contribution in [1.82, 2.24) is 10.3 Å². The molecule has 1 aromatic heterocycles. The van der Waals surface area contributed by atoms with Crippen LogP contribution >= 0.6 is 12.4 Å². The van der Waals surface area contributed by atoms with Gasteiger partial charge in [0.05, 0.1) is 17.1 Å². The summed E-state index contributed by atoms with van der Waals surface area (Å²) in [5, 5.41) is 7.60. The van der Waals surface area contributed by atoms with Crippen LogP contribution < -0.4 is 15.5 Å². The highest BCUT2D eigenvalue weighted by molar-refractivity contribution is 5.94. The second-order valence-electron chi connectivity index (χ2n) is 7.67. The molecule has 0 radical (unpaired) electrons. The van der Waals surface area contributed by atoms with Gasteiger partial charge in [0.1, 0.15) is 5.82 Å². The Morgan fingerprint density at radius 2 is 1.77 bits per heavy atom. The summed E-state index contributed by atoms with van der Waals surface area (Å²) in [6.45, 7) is 7.40. The molecule has 4 nitrogen and oxygen atoms in total. The van der Waals surface area contributed by atoms with Crippen molar-refractivity contribution in [1.29, 1.82) is 0 Å². The van der Waals surface area contributed by atoms with Crippen molar-refractivity contribution in [2.24, 2.45) is 0 Å². The van der Waals surface area contributed by atoms with Gasteiger partial charge in [-0.2, -0.15) is 0 Å². The maximum atomic E-state index is 14.6. The Morgan fingerprint density at radius 1 is 1.06 bits per heavy atom. The third-order valence-electron chi connectivity index (χ3n) is 5.53. The predicted molar refractivity (Wildman–Crippen MR) is 122 cm³/mol. The molecule has 2 heterocycles. The minimum absolute atomic E-state index is 0. The first-order chi connectivity index (χ1) is 14.4. The normalized spacial score (nSPS) is 15.1. The highest BCUT2D eigenvalue weighted by atomic mass is 35.5. The quantitative estimate of drug-likeness (QED) is 0.529. The van der Waals surface area contributed by atoms with Gasteiger partial charge in [0.25, 0.3) is 6.43 Å². The van der Waals surface area contributed by atoms with E-state index in [1.165, 1.54) is 6.07 Å². The number of nitrogens with one attached hydrogen (secondary N) is 2. The zero-order valence-corrected chi connectivity index (χ0v) is 18.3. The minimum Gasteiger partial charge on any atom is -0.378 e. The van der Waals surface area contributed by atoms with Crippen LogP contribution in [0.4, 0.5) is 24.5 Å². The van der Waals surface area contributed by atoms with Crippen LogP contribution in [0.15, 0.2) is 42.5 Å². The number of rotatable bonds is 5. The molecule has 1 fully saturated rings. The number of anilines is 2. The SMILES string of the molecule is Cc1cc(N[C@H](C)c2cccc(C(F)F)c2F)c2cc(N3CCNCC3)ccc2n1.Cl. The number of hydrogen-bond donors (Lipinski definition) is 2. The largest absolute Gasteiger partial charge is 0.378 e. The molecule has 0 unspecified atom stereocenters. The number of fused-ring (bicyclic) bond motifs is 1. The van der Waals surface area contributed by atoms with Crippen LogP contribution in [0.1, 0.15) is 36.2 Å². The first-order valence-electron chi connectivity index (χ1n) is 10.1. The predicted octanol–water partition coefficient (Wildman–Crippen LogP) is 5.62. The molecular weight excluding hydrogens is 425 g/mol. The van der Waals surface area contributed by atoms with Crippen molar-refractivity contribution in [3.63, 3.8) is 0 Å². The van der Waals surface area contributed by atoms with Gasteiger partial charge in [-0.25, -0.2) is 13.2 Å². The Morgan fingerprint density at radius 3 is 2.48 bits per heavy atom. The molecule has 0 amide bonds. The van der Waals surface area contributed by atoms with Gasteiger partial charge in [0.15, 0.2) is 0 Å². The second kappa shape index (κ2) is 9.75. The molecule has 31 heavy (non-hydrogen) atoms. The number of piperazine rings is 1. The van der Waals surface area contributed by atoms with E-state index in [0.29, 0.717) is 0 Å². The molecule has 0 bridgehead atoms. The van der Waals surface area contributed by atoms with Crippen molar-refractivity contribution in [2.75, 3.05) is 36.4 Å². The lowest BCUT2D eigenvalue weighted by molar-refractivity contribution is 0.146. The smallest absolute Gasteiger partial charge is 0.266 e. The van der Waals surface area contributed by atoms with Crippen LogP contribution in [0, 0.1) is 12.7 Å². The van der Waals surface area contributed by atoms with E-state index < -0.39 is 23.8 Å². The fraction of sp³-hybridized carbons (Fsp3) is 0.348. The number of aromatic nitrogens is 1. The number of benzene rings is 2. The fourth-order valence-corrected chi connectivity index (χ4v) is 3.97. The molecule has 8 heteroatoms. The van der Waals surface area contributed by atoms with Crippen LogP contribution in [-0.4, -0.2) is 31.2 Å². The highest BCUT2D eigenvalue weighted by Gasteiger charge is 2.20. The summed E-state index contributed by atoms with van der Waals surface area (Å²) in [6.07, 6.45) is -2.84. The minimum atomic E-state index is -2.84. The molecular formula is C23H26ClF3N4. The second-order valence-corrected chi connectivity index (χ2v) is 7.67. The first kappa shape index (κ1) is 23.2. The summed E-state index contributed by atoms with van der Waals surface area (Å²) in [5.74, 6) is -0.857. The van der Waals surface area contributed by atoms with Crippen LogP contribution in [0.3, 0.4) is 0 Å². The first-order valence-corrected chi connectivity index (χ1v) is 10.1. The van der Waals surface area contributed by atoms with Gasteiger partial charge in [-0.05, 0) is 38.1 Å². The number of pyridine rings is 1. The van der Waals surface area contributed by atoms with Crippen LogP contribution in [-0.2, 0) is 0 Å². The third kappa shape index (κ3) is 4.88. The Balaban J connectivity index is 0.00000272. The molecule has 166 valence electrons. The molecule has 1 saturated heterocycles. The Bertz CT molecular complexity index is 1050. The monoisotopic (exact) mass is 450 g/mol. The van der Waals surface area contributed by atoms with E-state index in [9.17, 15) is 13.2 Å². The summed E-state index contributed by atoms with van der Waals surface area (Å²) in [7, 11) is 0. The molecule has 4 rings (SSSR count). The summed E-state index contributed by atoms with van der Waals surface area (Å²) in [4.78, 5) is 6.93. The summed E-state index contributed by atoms with van der Waals surface area (Å²) in [5.41, 5.74) is 3.23. The molecule has 0 spiro atoms. The lowest BCUT2D eigenvalue weighted by Gasteiger charge is -2.30. The zero-order valence-electron chi connectivity index (χ0n) is 17.5. The summed E-state index contributed by atoms with van der Waals surface area (Å²) >= 11 is 0.